The van der Waals surface area contributed by atoms with E-state index in [1.54, 1.807) is 0 Å². The van der Waals surface area contributed by atoms with Gasteiger partial charge in [0.2, 0.25) is 0 Å². The average molecular weight is 860 g/mol. The van der Waals surface area contributed by atoms with Crippen LogP contribution in [0.1, 0.15) is 28.4 Å². The molecule has 3 rings (SSSR count). The van der Waals surface area contributed by atoms with Gasteiger partial charge >= 0.3 is 72.0 Å². The quantitative estimate of drug-likeness (QED) is 0.133. The number of hydrogen-bond donors (Lipinski definition) is 0. The Labute approximate surface area is 292 Å². The summed E-state index contributed by atoms with van der Waals surface area (Å²) in [5.41, 5.74) is -2.03. The molecule has 0 aliphatic carbocycles. The number of fused-ring (bicyclic) bond motifs is 1. The first-order valence-electron chi connectivity index (χ1n) is 13.5. The Morgan fingerprint density at radius 3 is 1.25 bits per heavy atom. The van der Waals surface area contributed by atoms with E-state index in [9.17, 15) is 111 Å². The smallest absolute Gasteiger partial charge is 0.460 e. The van der Waals surface area contributed by atoms with Crippen molar-refractivity contribution < 1.29 is 130 Å². The molecule has 1 heterocycles. The zero-order valence-electron chi connectivity index (χ0n) is 25.5. The van der Waals surface area contributed by atoms with Crippen molar-refractivity contribution in [2.75, 3.05) is 0 Å². The maximum atomic E-state index is 14.0. The van der Waals surface area contributed by atoms with Gasteiger partial charge in [0.25, 0.3) is 0 Å². The molecule has 0 aromatic heterocycles. The molecule has 0 bridgehead atoms. The molecule has 0 saturated heterocycles. The molecule has 56 heavy (non-hydrogen) atoms. The molecule has 0 saturated carbocycles. The van der Waals surface area contributed by atoms with Crippen LogP contribution in [0.3, 0.4) is 0 Å². The summed E-state index contributed by atoms with van der Waals surface area (Å²) in [5.74, 6) is -61.4. The highest BCUT2D eigenvalue weighted by Crippen LogP contribution is 2.51. The van der Waals surface area contributed by atoms with Gasteiger partial charge in [-0.15, -0.1) is 0 Å². The minimum atomic E-state index is -7.27. The van der Waals surface area contributed by atoms with E-state index in [1.165, 1.54) is 0 Å². The van der Waals surface area contributed by atoms with Crippen molar-refractivity contribution >= 4 is 23.7 Å². The van der Waals surface area contributed by atoms with Crippen LogP contribution >= 0.6 is 0 Å². The lowest BCUT2D eigenvalue weighted by Gasteiger charge is -2.29. The first-order chi connectivity index (χ1) is 24.9. The van der Waals surface area contributed by atoms with Crippen LogP contribution < -0.4 is 18.9 Å². The number of benzene rings is 2. The van der Waals surface area contributed by atoms with Gasteiger partial charge in [-0.25, -0.2) is 14.4 Å². The van der Waals surface area contributed by atoms with Crippen molar-refractivity contribution in [3.63, 3.8) is 0 Å². The van der Waals surface area contributed by atoms with Gasteiger partial charge in [0, 0.05) is 12.1 Å². The van der Waals surface area contributed by atoms with Gasteiger partial charge in [0.05, 0.1) is 6.42 Å². The van der Waals surface area contributed by atoms with E-state index in [4.69, 9.17) is 4.74 Å². The lowest BCUT2D eigenvalue weighted by Crippen LogP contribution is -2.57. The fourth-order valence-electron chi connectivity index (χ4n) is 3.90. The van der Waals surface area contributed by atoms with Crippen molar-refractivity contribution in [3.05, 3.63) is 47.5 Å². The summed E-state index contributed by atoms with van der Waals surface area (Å²) in [6.07, 6.45) is -24.6. The van der Waals surface area contributed by atoms with Crippen LogP contribution in [0, 0.1) is 0 Å². The Balaban J connectivity index is 2.06. The number of rotatable bonds is 10. The number of hydrogen-bond acceptors (Lipinski definition) is 8. The summed E-state index contributed by atoms with van der Waals surface area (Å²) in [6.45, 7) is 0. The van der Waals surface area contributed by atoms with E-state index < -0.39 is 130 Å². The highest BCUT2D eigenvalue weighted by Gasteiger charge is 2.79. The third-order valence-electron chi connectivity index (χ3n) is 6.85. The van der Waals surface area contributed by atoms with E-state index in [1.807, 2.05) is 0 Å². The maximum Gasteiger partial charge on any atom is 0.460 e. The monoisotopic (exact) mass is 860 g/mol. The molecule has 1 aliphatic heterocycles. The Bertz CT molecular complexity index is 1880. The highest BCUT2D eigenvalue weighted by atomic mass is 19.4. The number of carbonyl (C=O) groups excluding carboxylic acids is 4. The Morgan fingerprint density at radius 1 is 0.518 bits per heavy atom. The first kappa shape index (κ1) is 45.2. The SMILES string of the molecule is O=C1CC(c2ccc(OC(=O)C(F)(F)C(F)(F)C(F)(F)F)cc2)Oc2cc(OC(=O)C(F)(F)C(F)(F)C(F)(F)F)cc(OC(=O)C(F)(F)C(F)(F)C(F)(F)F)c21. The largest absolute Gasteiger partial charge is 0.484 e. The summed E-state index contributed by atoms with van der Waals surface area (Å²) in [7, 11) is 0. The van der Waals surface area contributed by atoms with Crippen LogP contribution in [0.15, 0.2) is 36.4 Å². The van der Waals surface area contributed by atoms with Crippen molar-refractivity contribution in [3.8, 4) is 23.0 Å². The van der Waals surface area contributed by atoms with E-state index in [0.717, 1.165) is 0 Å². The van der Waals surface area contributed by atoms with Crippen LogP contribution in [-0.2, 0) is 14.4 Å². The van der Waals surface area contributed by atoms with E-state index in [0.29, 0.717) is 24.3 Å². The highest BCUT2D eigenvalue weighted by molar-refractivity contribution is 6.04. The van der Waals surface area contributed by atoms with Gasteiger partial charge in [-0.1, -0.05) is 12.1 Å². The zero-order chi connectivity index (χ0) is 43.6. The second-order valence-electron chi connectivity index (χ2n) is 10.7. The topological polar surface area (TPSA) is 105 Å². The standard InChI is InChI=1S/C27H9F21O8/c28-19(29,22(34,35)25(40,41)42)16(50)53-9-3-1-8(2-4-9)12-7-11(49)15-13(55-12)5-10(54-17(51)20(30,31)23(36,37)26(43,44)45)6-14(15)56-18(52)21(32,33)24(38,39)27(46,47)48/h1-6,12H,7H2. The van der Waals surface area contributed by atoms with Gasteiger partial charge in [0.1, 0.15) is 34.7 Å². The summed E-state index contributed by atoms with van der Waals surface area (Å²) < 4.78 is 291. The minimum absolute atomic E-state index is 0.0992. The molecule has 1 aliphatic rings. The number of ether oxygens (including phenoxy) is 4. The summed E-state index contributed by atoms with van der Waals surface area (Å²) in [6, 6.07) is 1.20. The number of ketones is 1. The predicted octanol–water partition coefficient (Wildman–Crippen LogP) is 8.61. The van der Waals surface area contributed by atoms with Gasteiger partial charge in [0.15, 0.2) is 5.78 Å². The summed E-state index contributed by atoms with van der Waals surface area (Å²) in [4.78, 5) is 48.1. The molecule has 1 unspecified atom stereocenters. The van der Waals surface area contributed by atoms with Crippen LogP contribution in [-0.4, -0.2) is 77.8 Å². The van der Waals surface area contributed by atoms with Crippen LogP contribution in [0.2, 0.25) is 0 Å². The van der Waals surface area contributed by atoms with Crippen LogP contribution in [0.5, 0.6) is 23.0 Å². The fraction of sp³-hybridized carbons (Fsp3) is 0.407. The minimum Gasteiger partial charge on any atom is -0.484 e. The molecule has 0 amide bonds. The second-order valence-corrected chi connectivity index (χ2v) is 10.7. The molecule has 2 aromatic rings. The molecular formula is C27H9F21O8. The van der Waals surface area contributed by atoms with Crippen LogP contribution in [0.4, 0.5) is 92.2 Å². The molecule has 0 radical (unpaired) electrons. The predicted molar refractivity (Wildman–Crippen MR) is 130 cm³/mol. The molecule has 0 spiro atoms. The molecule has 29 heteroatoms. The lowest BCUT2D eigenvalue weighted by atomic mass is 9.95. The summed E-state index contributed by atoms with van der Waals surface area (Å²) in [5, 5.41) is 0. The molecule has 1 atom stereocenters. The number of Topliss-reactive ketones (excluding diaryl/α,β-unsaturated/α-hetero) is 1. The van der Waals surface area contributed by atoms with Gasteiger partial charge in [-0.05, 0) is 17.7 Å². The Kier molecular flexibility index (Phi) is 11.1. The first-order valence-corrected chi connectivity index (χ1v) is 13.5. The number of alkyl halides is 21. The summed E-state index contributed by atoms with van der Waals surface area (Å²) >= 11 is 0. The lowest BCUT2D eigenvalue weighted by molar-refractivity contribution is -0.346. The number of carbonyl (C=O) groups is 4. The maximum absolute atomic E-state index is 14.0. The number of halogens is 21. The normalized spacial score (nSPS) is 16.4. The van der Waals surface area contributed by atoms with E-state index in [2.05, 4.69) is 14.2 Å². The molecule has 8 nitrogen and oxygen atoms in total. The molecule has 312 valence electrons. The van der Waals surface area contributed by atoms with E-state index in [-0.39, 0.29) is 6.07 Å². The van der Waals surface area contributed by atoms with Gasteiger partial charge in [-0.3, -0.25) is 4.79 Å². The van der Waals surface area contributed by atoms with Crippen molar-refractivity contribution in [2.45, 2.75) is 66.6 Å². The molecular weight excluding hydrogens is 851 g/mol. The van der Waals surface area contributed by atoms with E-state index >= 15 is 0 Å². The zero-order valence-corrected chi connectivity index (χ0v) is 25.5. The molecule has 0 N–H and O–H groups in total. The van der Waals surface area contributed by atoms with Crippen molar-refractivity contribution in [1.29, 1.82) is 0 Å². The van der Waals surface area contributed by atoms with Crippen LogP contribution in [0.25, 0.3) is 0 Å². The Hall–Kier alpha value is -5.15. The molecule has 2 aromatic carbocycles. The Morgan fingerprint density at radius 2 is 0.875 bits per heavy atom. The van der Waals surface area contributed by atoms with Crippen molar-refractivity contribution in [2.24, 2.45) is 0 Å². The van der Waals surface area contributed by atoms with Gasteiger partial charge in [-0.2, -0.15) is 92.2 Å². The third kappa shape index (κ3) is 7.66. The molecule has 0 fully saturated rings. The van der Waals surface area contributed by atoms with Gasteiger partial charge < -0.3 is 18.9 Å². The average Bonchev–Trinajstić information content (AvgIpc) is 3.02. The number of esters is 3. The van der Waals surface area contributed by atoms with Crippen molar-refractivity contribution in [1.82, 2.24) is 0 Å². The fourth-order valence-corrected chi connectivity index (χ4v) is 3.90. The second kappa shape index (κ2) is 13.8. The third-order valence-corrected chi connectivity index (χ3v) is 6.85.